The molecule has 1 aromatic carbocycles. The van der Waals surface area contributed by atoms with E-state index in [1.165, 1.54) is 44.9 Å². The Bertz CT molecular complexity index is 643. The molecule has 2 aliphatic carbocycles. The predicted octanol–water partition coefficient (Wildman–Crippen LogP) is 4.41. The largest absolute Gasteiger partial charge is 0.384 e. The minimum Gasteiger partial charge on any atom is -0.384 e. The van der Waals surface area contributed by atoms with Gasteiger partial charge in [0.2, 0.25) is 0 Å². The minimum atomic E-state index is -0.0612. The van der Waals surface area contributed by atoms with Crippen molar-refractivity contribution in [1.82, 2.24) is 10.6 Å². The molecule has 5 nitrogen and oxygen atoms in total. The third-order valence-electron chi connectivity index (χ3n) is 6.31. The van der Waals surface area contributed by atoms with Crippen molar-refractivity contribution < 1.29 is 9.53 Å². The lowest BCUT2D eigenvalue weighted by atomic mass is 9.62. The van der Waals surface area contributed by atoms with Crippen LogP contribution in [0.2, 0.25) is 5.02 Å². The van der Waals surface area contributed by atoms with Crippen molar-refractivity contribution in [1.29, 1.82) is 0 Å². The third-order valence-corrected chi connectivity index (χ3v) is 6.64. The van der Waals surface area contributed by atoms with Gasteiger partial charge in [0.25, 0.3) is 5.91 Å². The maximum Gasteiger partial charge on any atom is 0.252 e. The number of benzene rings is 1. The molecular weight excluding hydrogens is 386 g/mol. The lowest BCUT2D eigenvalue weighted by molar-refractivity contribution is 0.0682. The highest BCUT2D eigenvalue weighted by Crippen LogP contribution is 2.48. The zero-order chi connectivity index (χ0) is 19.8. The number of carbonyl (C=O) groups excluding carboxylic acids is 1. The Morgan fingerprint density at radius 1 is 1.21 bits per heavy atom. The van der Waals surface area contributed by atoms with E-state index < -0.39 is 0 Å². The van der Waals surface area contributed by atoms with Gasteiger partial charge in [-0.05, 0) is 48.8 Å². The number of anilines is 1. The number of nitrogens with one attached hydrogen (secondary N) is 3. The van der Waals surface area contributed by atoms with Crippen LogP contribution in [0.3, 0.4) is 0 Å². The summed E-state index contributed by atoms with van der Waals surface area (Å²) in [7, 11) is 1.70. The van der Waals surface area contributed by atoms with Gasteiger partial charge < -0.3 is 20.7 Å². The molecule has 3 rings (SSSR count). The Morgan fingerprint density at radius 3 is 2.69 bits per heavy atom. The van der Waals surface area contributed by atoms with Gasteiger partial charge in [0.05, 0.1) is 17.2 Å². The topological polar surface area (TPSA) is 62.4 Å². The molecule has 2 fully saturated rings. The summed E-state index contributed by atoms with van der Waals surface area (Å²) in [5.41, 5.74) is 1.78. The molecule has 29 heavy (non-hydrogen) atoms. The molecule has 0 atom stereocenters. The zero-order valence-electron chi connectivity index (χ0n) is 17.7. The number of hydrogen-bond donors (Lipinski definition) is 3. The maximum atomic E-state index is 12.8. The Kier molecular flexibility index (Phi) is 9.73. The number of rotatable bonds is 10. The summed E-state index contributed by atoms with van der Waals surface area (Å²) in [5, 5.41) is 10.3. The average molecular weight is 422 g/mol. The highest BCUT2D eigenvalue weighted by Gasteiger charge is 2.39. The molecule has 3 N–H and O–H groups in total. The normalized spacial score (nSPS) is 23.2. The van der Waals surface area contributed by atoms with E-state index >= 15 is 0 Å². The molecule has 6 heteroatoms. The maximum absolute atomic E-state index is 12.8. The van der Waals surface area contributed by atoms with E-state index in [1.54, 1.807) is 13.2 Å². The molecule has 0 aliphatic heterocycles. The van der Waals surface area contributed by atoms with Crippen molar-refractivity contribution in [2.24, 2.45) is 11.3 Å². The van der Waals surface area contributed by atoms with Gasteiger partial charge >= 0.3 is 0 Å². The van der Waals surface area contributed by atoms with Crippen molar-refractivity contribution in [2.75, 3.05) is 45.2 Å². The molecule has 1 aromatic rings. The van der Waals surface area contributed by atoms with Crippen LogP contribution < -0.4 is 16.0 Å². The number of ether oxygens (including phenoxy) is 1. The van der Waals surface area contributed by atoms with Crippen molar-refractivity contribution in [3.63, 3.8) is 0 Å². The van der Waals surface area contributed by atoms with E-state index in [-0.39, 0.29) is 13.3 Å². The first-order valence-corrected chi connectivity index (χ1v) is 11.0. The fourth-order valence-corrected chi connectivity index (χ4v) is 5.04. The highest BCUT2D eigenvalue weighted by molar-refractivity contribution is 6.34. The van der Waals surface area contributed by atoms with Gasteiger partial charge in [0.15, 0.2) is 0 Å². The Morgan fingerprint density at radius 2 is 1.97 bits per heavy atom. The second kappa shape index (κ2) is 11.8. The van der Waals surface area contributed by atoms with Gasteiger partial charge in [-0.2, -0.15) is 0 Å². The second-order valence-corrected chi connectivity index (χ2v) is 8.81. The van der Waals surface area contributed by atoms with Crippen molar-refractivity contribution >= 4 is 23.2 Å². The predicted molar refractivity (Wildman–Crippen MR) is 121 cm³/mol. The van der Waals surface area contributed by atoms with Gasteiger partial charge in [-0.15, -0.1) is 0 Å². The van der Waals surface area contributed by atoms with Gasteiger partial charge in [0, 0.05) is 39.0 Å². The van der Waals surface area contributed by atoms with Crippen LogP contribution in [-0.2, 0) is 4.74 Å². The first-order chi connectivity index (χ1) is 13.6. The van der Waals surface area contributed by atoms with E-state index in [0.29, 0.717) is 22.6 Å². The number of fused-ring (bicyclic) bond motifs is 2. The zero-order valence-corrected chi connectivity index (χ0v) is 18.5. The van der Waals surface area contributed by atoms with Crippen LogP contribution in [0.25, 0.3) is 0 Å². The number of amides is 1. The fourth-order valence-electron chi connectivity index (χ4n) is 4.84. The molecule has 0 unspecified atom stereocenters. The lowest BCUT2D eigenvalue weighted by Gasteiger charge is -2.45. The Labute approximate surface area is 181 Å². The van der Waals surface area contributed by atoms with E-state index in [4.69, 9.17) is 16.3 Å². The average Bonchev–Trinajstić information content (AvgIpc) is 2.70. The van der Waals surface area contributed by atoms with E-state index in [9.17, 15) is 4.79 Å². The number of carbonyl (C=O) groups is 1. The van der Waals surface area contributed by atoms with Gasteiger partial charge in [-0.25, -0.2) is 0 Å². The smallest absolute Gasteiger partial charge is 0.252 e. The quantitative estimate of drug-likeness (QED) is 0.490. The van der Waals surface area contributed by atoms with Crippen LogP contribution in [0.5, 0.6) is 0 Å². The minimum absolute atomic E-state index is 0. The summed E-state index contributed by atoms with van der Waals surface area (Å²) in [4.78, 5) is 12.8. The number of halogens is 1. The molecule has 1 amide bonds. The van der Waals surface area contributed by atoms with E-state index in [2.05, 4.69) is 16.0 Å². The number of methoxy groups -OCH3 is 1. The van der Waals surface area contributed by atoms with Crippen LogP contribution in [0.1, 0.15) is 55.3 Å². The third kappa shape index (κ3) is 6.87. The molecule has 2 radical (unpaired) electrons. The summed E-state index contributed by atoms with van der Waals surface area (Å²) >= 11 is 6.32. The van der Waals surface area contributed by atoms with Crippen molar-refractivity contribution in [3.8, 4) is 0 Å². The second-order valence-electron chi connectivity index (χ2n) is 8.40. The summed E-state index contributed by atoms with van der Waals surface area (Å²) in [6, 6.07) is 5.57. The molecule has 0 aromatic heterocycles. The standard InChI is InChI=1S/C22H34ClN3O2.CH2/c1-28-13-12-24-10-11-25-18-6-7-20(23)19(14-18)21(27)26-16-22-8-2-4-17(15-22)5-3-9-22;/h6-7,14,17,24-25H,2-5,8-13,15-16H2,1H3,(H,26,27);1H2. The van der Waals surface area contributed by atoms with Gasteiger partial charge in [-0.3, -0.25) is 4.79 Å². The summed E-state index contributed by atoms with van der Waals surface area (Å²) < 4.78 is 5.01. The summed E-state index contributed by atoms with van der Waals surface area (Å²) in [6.45, 7) is 3.91. The highest BCUT2D eigenvalue weighted by atomic mass is 35.5. The van der Waals surface area contributed by atoms with E-state index in [1.807, 2.05) is 12.1 Å². The fraction of sp³-hybridized carbons (Fsp3) is 0.652. The Hall–Kier alpha value is -1.30. The van der Waals surface area contributed by atoms with Crippen molar-refractivity contribution in [3.05, 3.63) is 36.2 Å². The Balaban J connectivity index is 0.00000300. The molecule has 0 heterocycles. The molecular formula is C23H36ClN3O2. The van der Waals surface area contributed by atoms with Crippen LogP contribution >= 0.6 is 11.6 Å². The van der Waals surface area contributed by atoms with Gasteiger partial charge in [0.1, 0.15) is 0 Å². The molecule has 2 aliphatic rings. The van der Waals surface area contributed by atoms with Crippen LogP contribution in [-0.4, -0.2) is 45.8 Å². The van der Waals surface area contributed by atoms with Crippen LogP contribution in [0, 0.1) is 18.8 Å². The van der Waals surface area contributed by atoms with E-state index in [0.717, 1.165) is 37.8 Å². The SMILES string of the molecule is COCCNCCNc1ccc(Cl)c(C(=O)NCC23CCCC(CCC2)C3)c1.[CH2]. The van der Waals surface area contributed by atoms with Gasteiger partial charge in [-0.1, -0.05) is 44.7 Å². The molecule has 0 saturated heterocycles. The monoisotopic (exact) mass is 421 g/mol. The molecule has 2 saturated carbocycles. The van der Waals surface area contributed by atoms with Crippen LogP contribution in [0.4, 0.5) is 5.69 Å². The molecule has 0 spiro atoms. The summed E-state index contributed by atoms with van der Waals surface area (Å²) in [5.74, 6) is 0.807. The lowest BCUT2D eigenvalue weighted by Crippen LogP contribution is -2.43. The first kappa shape index (κ1) is 24.0. The van der Waals surface area contributed by atoms with Crippen LogP contribution in [0.15, 0.2) is 18.2 Å². The van der Waals surface area contributed by atoms with Crippen molar-refractivity contribution in [2.45, 2.75) is 44.9 Å². The summed E-state index contributed by atoms with van der Waals surface area (Å²) in [6.07, 6.45) is 9.12. The molecule has 2 bridgehead atoms. The molecule has 162 valence electrons. The number of hydrogen-bond acceptors (Lipinski definition) is 4. The first-order valence-electron chi connectivity index (χ1n) is 10.6.